The lowest BCUT2D eigenvalue weighted by atomic mass is 9.95. The van der Waals surface area contributed by atoms with Gasteiger partial charge in [-0.25, -0.2) is 9.59 Å². The van der Waals surface area contributed by atoms with E-state index in [1.54, 1.807) is 6.92 Å². The molecule has 1 saturated carbocycles. The maximum atomic E-state index is 12.6. The second-order valence-electron chi connectivity index (χ2n) is 6.42. The average Bonchev–Trinajstić information content (AvgIpc) is 3.14. The average molecular weight is 343 g/mol. The number of carbonyl (C=O) groups is 2. The van der Waals surface area contributed by atoms with Gasteiger partial charge in [0.05, 0.1) is 18.2 Å². The van der Waals surface area contributed by atoms with E-state index in [-0.39, 0.29) is 6.03 Å². The first-order valence-electron chi connectivity index (χ1n) is 8.95. The van der Waals surface area contributed by atoms with Crippen molar-refractivity contribution >= 4 is 12.0 Å². The van der Waals surface area contributed by atoms with Crippen molar-refractivity contribution in [2.45, 2.75) is 44.7 Å². The van der Waals surface area contributed by atoms with Crippen LogP contribution in [0.2, 0.25) is 0 Å². The number of urea groups is 1. The number of rotatable bonds is 6. The monoisotopic (exact) mass is 343 g/mol. The summed E-state index contributed by atoms with van der Waals surface area (Å²) < 4.78 is 5.25. The second-order valence-corrected chi connectivity index (χ2v) is 6.42. The van der Waals surface area contributed by atoms with Gasteiger partial charge in [-0.05, 0) is 25.3 Å². The zero-order valence-corrected chi connectivity index (χ0v) is 14.5. The molecular formula is C19H25N3O3. The Bertz CT molecular complexity index is 651. The first-order valence-corrected chi connectivity index (χ1v) is 8.95. The summed E-state index contributed by atoms with van der Waals surface area (Å²) in [6, 6.07) is 9.13. The molecule has 1 fully saturated rings. The highest BCUT2D eigenvalue weighted by Crippen LogP contribution is 2.28. The maximum Gasteiger partial charge on any atom is 0.338 e. The number of benzene rings is 1. The lowest BCUT2D eigenvalue weighted by molar-refractivity contribution is -0.139. The van der Waals surface area contributed by atoms with Crippen LogP contribution >= 0.6 is 0 Å². The molecule has 0 bridgehead atoms. The zero-order valence-electron chi connectivity index (χ0n) is 14.5. The third kappa shape index (κ3) is 4.20. The minimum Gasteiger partial charge on any atom is -0.463 e. The summed E-state index contributed by atoms with van der Waals surface area (Å²) in [6.45, 7) is 2.53. The van der Waals surface area contributed by atoms with Crippen molar-refractivity contribution in [3.63, 3.8) is 0 Å². The number of ether oxygens (including phenoxy) is 1. The zero-order chi connectivity index (χ0) is 17.6. The number of amides is 2. The van der Waals surface area contributed by atoms with Crippen LogP contribution < -0.4 is 16.0 Å². The molecule has 0 unspecified atom stereocenters. The fourth-order valence-corrected chi connectivity index (χ4v) is 3.48. The molecule has 25 heavy (non-hydrogen) atoms. The minimum absolute atomic E-state index is 0.293. The quantitative estimate of drug-likeness (QED) is 0.693. The molecule has 1 aromatic carbocycles. The van der Waals surface area contributed by atoms with E-state index in [0.29, 0.717) is 30.5 Å². The Kier molecular flexibility index (Phi) is 5.71. The van der Waals surface area contributed by atoms with Gasteiger partial charge in [-0.1, -0.05) is 43.2 Å². The standard InChI is InChI=1S/C19H25N3O3/c1-2-25-18(23)16-15(12-20-14-10-6-7-11-14)21-19(24)22-17(16)13-8-4-3-5-9-13/h3-5,8-9,14,17,20H,2,6-7,10-12H2,1H3,(H2,21,22,24)/t17-/m0/s1. The lowest BCUT2D eigenvalue weighted by Gasteiger charge is -2.30. The second kappa shape index (κ2) is 8.16. The van der Waals surface area contributed by atoms with E-state index in [1.165, 1.54) is 12.8 Å². The summed E-state index contributed by atoms with van der Waals surface area (Å²) in [6.07, 6.45) is 4.72. The summed E-state index contributed by atoms with van der Waals surface area (Å²) in [5.74, 6) is -0.396. The van der Waals surface area contributed by atoms with Crippen molar-refractivity contribution in [1.82, 2.24) is 16.0 Å². The number of hydrogen-bond donors (Lipinski definition) is 3. The summed E-state index contributed by atoms with van der Waals surface area (Å²) in [5.41, 5.74) is 1.93. The smallest absolute Gasteiger partial charge is 0.338 e. The molecule has 1 aliphatic heterocycles. The summed E-state index contributed by atoms with van der Waals surface area (Å²) in [4.78, 5) is 24.7. The molecule has 3 rings (SSSR count). The minimum atomic E-state index is -0.505. The van der Waals surface area contributed by atoms with Gasteiger partial charge >= 0.3 is 12.0 Å². The van der Waals surface area contributed by atoms with Gasteiger partial charge in [0.15, 0.2) is 0 Å². The van der Waals surface area contributed by atoms with Gasteiger partial charge in [0.2, 0.25) is 0 Å². The number of hydrogen-bond acceptors (Lipinski definition) is 4. The number of esters is 1. The largest absolute Gasteiger partial charge is 0.463 e. The van der Waals surface area contributed by atoms with Crippen LogP contribution in [0.1, 0.15) is 44.2 Å². The Morgan fingerprint density at radius 3 is 2.64 bits per heavy atom. The van der Waals surface area contributed by atoms with E-state index >= 15 is 0 Å². The predicted octanol–water partition coefficient (Wildman–Crippen LogP) is 2.39. The van der Waals surface area contributed by atoms with Crippen LogP contribution in [-0.2, 0) is 9.53 Å². The third-order valence-corrected chi connectivity index (χ3v) is 4.70. The van der Waals surface area contributed by atoms with Crippen LogP contribution in [0.25, 0.3) is 0 Å². The van der Waals surface area contributed by atoms with Gasteiger partial charge in [-0.3, -0.25) is 0 Å². The van der Waals surface area contributed by atoms with E-state index in [1.807, 2.05) is 30.3 Å². The fourth-order valence-electron chi connectivity index (χ4n) is 3.48. The van der Waals surface area contributed by atoms with Crippen LogP contribution in [0.3, 0.4) is 0 Å². The van der Waals surface area contributed by atoms with E-state index in [4.69, 9.17) is 4.74 Å². The van der Waals surface area contributed by atoms with Gasteiger partial charge in [0.1, 0.15) is 0 Å². The van der Waals surface area contributed by atoms with Gasteiger partial charge < -0.3 is 20.7 Å². The molecule has 6 nitrogen and oxygen atoms in total. The normalized spacial score (nSPS) is 21.0. The summed E-state index contributed by atoms with van der Waals surface area (Å²) >= 11 is 0. The van der Waals surface area contributed by atoms with Gasteiger partial charge in [-0.2, -0.15) is 0 Å². The molecule has 2 aliphatic rings. The molecule has 1 heterocycles. The number of carbonyl (C=O) groups excluding carboxylic acids is 2. The maximum absolute atomic E-state index is 12.6. The Morgan fingerprint density at radius 2 is 1.96 bits per heavy atom. The highest BCUT2D eigenvalue weighted by Gasteiger charge is 2.33. The Hall–Kier alpha value is -2.34. The first-order chi connectivity index (χ1) is 12.2. The van der Waals surface area contributed by atoms with Crippen LogP contribution in [0, 0.1) is 0 Å². The van der Waals surface area contributed by atoms with Gasteiger partial charge in [0, 0.05) is 18.3 Å². The molecule has 2 amide bonds. The molecule has 0 radical (unpaired) electrons. The SMILES string of the molecule is CCOC(=O)C1=C(CNC2CCCC2)NC(=O)N[C@H]1c1ccccc1. The molecular weight excluding hydrogens is 318 g/mol. The fraction of sp³-hybridized carbons (Fsp3) is 0.474. The van der Waals surface area contributed by atoms with Crippen LogP contribution in [0.5, 0.6) is 0 Å². The Balaban J connectivity index is 1.90. The highest BCUT2D eigenvalue weighted by atomic mass is 16.5. The Labute approximate surface area is 148 Å². The molecule has 1 aliphatic carbocycles. The van der Waals surface area contributed by atoms with Crippen molar-refractivity contribution in [2.24, 2.45) is 0 Å². The van der Waals surface area contributed by atoms with Gasteiger partial charge in [-0.15, -0.1) is 0 Å². The lowest BCUT2D eigenvalue weighted by Crippen LogP contribution is -2.48. The van der Waals surface area contributed by atoms with Crippen LogP contribution in [0.15, 0.2) is 41.6 Å². The molecule has 0 saturated heterocycles. The van der Waals surface area contributed by atoms with Gasteiger partial charge in [0.25, 0.3) is 0 Å². The topological polar surface area (TPSA) is 79.5 Å². The van der Waals surface area contributed by atoms with Crippen molar-refractivity contribution in [3.05, 3.63) is 47.2 Å². The van der Waals surface area contributed by atoms with E-state index in [2.05, 4.69) is 16.0 Å². The molecule has 6 heteroatoms. The first kappa shape index (κ1) is 17.5. The predicted molar refractivity (Wildman–Crippen MR) is 94.8 cm³/mol. The van der Waals surface area contributed by atoms with E-state index in [0.717, 1.165) is 18.4 Å². The Morgan fingerprint density at radius 1 is 1.24 bits per heavy atom. The summed E-state index contributed by atoms with van der Waals surface area (Å²) in [7, 11) is 0. The molecule has 0 aromatic heterocycles. The molecule has 3 N–H and O–H groups in total. The molecule has 0 spiro atoms. The number of nitrogens with one attached hydrogen (secondary N) is 3. The van der Waals surface area contributed by atoms with Crippen molar-refractivity contribution in [2.75, 3.05) is 13.2 Å². The summed E-state index contributed by atoms with van der Waals surface area (Å²) in [5, 5.41) is 9.10. The molecule has 1 atom stereocenters. The van der Waals surface area contributed by atoms with Crippen molar-refractivity contribution < 1.29 is 14.3 Å². The van der Waals surface area contributed by atoms with Crippen molar-refractivity contribution in [3.8, 4) is 0 Å². The van der Waals surface area contributed by atoms with Crippen LogP contribution in [-0.4, -0.2) is 31.2 Å². The molecule has 134 valence electrons. The van der Waals surface area contributed by atoms with Crippen LogP contribution in [0.4, 0.5) is 4.79 Å². The third-order valence-electron chi connectivity index (χ3n) is 4.70. The van der Waals surface area contributed by atoms with E-state index in [9.17, 15) is 9.59 Å². The van der Waals surface area contributed by atoms with E-state index < -0.39 is 12.0 Å². The van der Waals surface area contributed by atoms with Crippen molar-refractivity contribution in [1.29, 1.82) is 0 Å². The molecule has 1 aromatic rings. The highest BCUT2D eigenvalue weighted by molar-refractivity contribution is 5.95.